The average Bonchev–Trinajstić information content (AvgIpc) is 2.90. The Morgan fingerprint density at radius 2 is 1.91 bits per heavy atom. The molecule has 23 heavy (non-hydrogen) atoms. The second-order valence-corrected chi connectivity index (χ2v) is 10.4. The SMILES string of the molecule is CCC1N(S(=O)C(C)(C)C)CC12CCN(Cc1ccccc1)C2. The lowest BCUT2D eigenvalue weighted by molar-refractivity contribution is -0.00312. The van der Waals surface area contributed by atoms with Gasteiger partial charge in [0.2, 0.25) is 0 Å². The molecular formula is C19H30N2OS. The van der Waals surface area contributed by atoms with Gasteiger partial charge >= 0.3 is 0 Å². The minimum atomic E-state index is -0.882. The van der Waals surface area contributed by atoms with E-state index in [0.717, 1.165) is 26.1 Å². The van der Waals surface area contributed by atoms with Crippen molar-refractivity contribution in [2.24, 2.45) is 5.41 Å². The summed E-state index contributed by atoms with van der Waals surface area (Å²) in [6, 6.07) is 11.2. The molecule has 1 aromatic carbocycles. The molecule has 2 aliphatic rings. The molecule has 3 unspecified atom stereocenters. The first-order valence-electron chi connectivity index (χ1n) is 8.81. The number of benzene rings is 1. The minimum Gasteiger partial charge on any atom is -0.298 e. The van der Waals surface area contributed by atoms with Gasteiger partial charge < -0.3 is 0 Å². The molecule has 1 aromatic rings. The van der Waals surface area contributed by atoms with E-state index < -0.39 is 11.0 Å². The molecule has 0 N–H and O–H groups in total. The van der Waals surface area contributed by atoms with Crippen LogP contribution in [0.25, 0.3) is 0 Å². The number of likely N-dealkylation sites (tertiary alicyclic amines) is 1. The van der Waals surface area contributed by atoms with Crippen LogP contribution in [-0.2, 0) is 17.5 Å². The lowest BCUT2D eigenvalue weighted by Crippen LogP contribution is -2.67. The second-order valence-electron chi connectivity index (χ2n) is 8.17. The number of rotatable bonds is 4. The van der Waals surface area contributed by atoms with E-state index in [2.05, 4.69) is 67.2 Å². The van der Waals surface area contributed by atoms with E-state index in [0.29, 0.717) is 11.5 Å². The van der Waals surface area contributed by atoms with Crippen LogP contribution in [-0.4, -0.2) is 43.8 Å². The summed E-state index contributed by atoms with van der Waals surface area (Å²) in [6.07, 6.45) is 2.34. The molecule has 0 saturated carbocycles. The van der Waals surface area contributed by atoms with Crippen molar-refractivity contribution >= 4 is 11.0 Å². The van der Waals surface area contributed by atoms with Crippen molar-refractivity contribution in [3.63, 3.8) is 0 Å². The van der Waals surface area contributed by atoms with Crippen LogP contribution >= 0.6 is 0 Å². The summed E-state index contributed by atoms with van der Waals surface area (Å²) < 4.78 is 14.9. The maximum Gasteiger partial charge on any atom is 0.1000 e. The van der Waals surface area contributed by atoms with Gasteiger partial charge in [0.25, 0.3) is 0 Å². The summed E-state index contributed by atoms with van der Waals surface area (Å²) in [5, 5.41) is 0. The molecule has 1 spiro atoms. The Bertz CT molecular complexity index is 568. The predicted molar refractivity (Wildman–Crippen MR) is 97.4 cm³/mol. The molecule has 3 rings (SSSR count). The maximum atomic E-state index is 12.8. The van der Waals surface area contributed by atoms with Crippen LogP contribution in [0.4, 0.5) is 0 Å². The monoisotopic (exact) mass is 334 g/mol. The van der Waals surface area contributed by atoms with Gasteiger partial charge in [-0.05, 0) is 45.7 Å². The van der Waals surface area contributed by atoms with E-state index in [1.165, 1.54) is 18.5 Å². The van der Waals surface area contributed by atoms with Crippen LogP contribution in [0.15, 0.2) is 30.3 Å². The van der Waals surface area contributed by atoms with Gasteiger partial charge in [-0.15, -0.1) is 0 Å². The van der Waals surface area contributed by atoms with Gasteiger partial charge in [-0.25, -0.2) is 8.51 Å². The highest BCUT2D eigenvalue weighted by atomic mass is 32.2. The van der Waals surface area contributed by atoms with Gasteiger partial charge in [-0.3, -0.25) is 4.90 Å². The molecule has 2 saturated heterocycles. The molecule has 2 fully saturated rings. The zero-order chi connectivity index (χ0) is 16.7. The first-order chi connectivity index (χ1) is 10.9. The quantitative estimate of drug-likeness (QED) is 0.842. The number of hydrogen-bond acceptors (Lipinski definition) is 2. The van der Waals surface area contributed by atoms with Gasteiger partial charge in [-0.1, -0.05) is 37.3 Å². The number of hydrogen-bond donors (Lipinski definition) is 0. The van der Waals surface area contributed by atoms with Gasteiger partial charge in [0.1, 0.15) is 0 Å². The first-order valence-corrected chi connectivity index (χ1v) is 9.91. The molecule has 128 valence electrons. The van der Waals surface area contributed by atoms with Crippen molar-refractivity contribution in [2.45, 2.75) is 57.9 Å². The summed E-state index contributed by atoms with van der Waals surface area (Å²) in [6.45, 7) is 12.9. The molecule has 0 bridgehead atoms. The lowest BCUT2D eigenvalue weighted by Gasteiger charge is -2.56. The van der Waals surface area contributed by atoms with Crippen LogP contribution in [0.1, 0.15) is 46.1 Å². The second kappa shape index (κ2) is 6.30. The Hall–Kier alpha value is -0.710. The van der Waals surface area contributed by atoms with E-state index in [1.807, 2.05) is 0 Å². The van der Waals surface area contributed by atoms with E-state index in [-0.39, 0.29) is 4.75 Å². The molecule has 0 radical (unpaired) electrons. The van der Waals surface area contributed by atoms with Crippen LogP contribution in [0.2, 0.25) is 0 Å². The Morgan fingerprint density at radius 3 is 2.52 bits per heavy atom. The number of nitrogens with zero attached hydrogens (tertiary/aromatic N) is 2. The fraction of sp³-hybridized carbons (Fsp3) is 0.684. The minimum absolute atomic E-state index is 0.155. The zero-order valence-electron chi connectivity index (χ0n) is 14.9. The van der Waals surface area contributed by atoms with Crippen molar-refractivity contribution in [3.05, 3.63) is 35.9 Å². The molecule has 3 nitrogen and oxygen atoms in total. The highest BCUT2D eigenvalue weighted by molar-refractivity contribution is 7.84. The summed E-state index contributed by atoms with van der Waals surface area (Å²) >= 11 is 0. The summed E-state index contributed by atoms with van der Waals surface area (Å²) in [7, 11) is -0.882. The highest BCUT2D eigenvalue weighted by Gasteiger charge is 2.57. The third-order valence-corrected chi connectivity index (χ3v) is 7.22. The molecule has 4 heteroatoms. The fourth-order valence-electron chi connectivity index (χ4n) is 4.24. The normalized spacial score (nSPS) is 30.5. The maximum absolute atomic E-state index is 12.8. The van der Waals surface area contributed by atoms with Gasteiger partial charge in [0, 0.05) is 31.1 Å². The van der Waals surface area contributed by atoms with Crippen molar-refractivity contribution in [3.8, 4) is 0 Å². The third-order valence-electron chi connectivity index (χ3n) is 5.36. The van der Waals surface area contributed by atoms with Crippen LogP contribution in [0, 0.1) is 5.41 Å². The Labute approximate surface area is 143 Å². The summed E-state index contributed by atoms with van der Waals surface area (Å²) in [5.74, 6) is 0. The lowest BCUT2D eigenvalue weighted by atomic mass is 9.71. The smallest absolute Gasteiger partial charge is 0.1000 e. The molecule has 0 amide bonds. The van der Waals surface area contributed by atoms with Gasteiger partial charge in [0.15, 0.2) is 0 Å². The van der Waals surface area contributed by atoms with Crippen molar-refractivity contribution < 1.29 is 4.21 Å². The summed E-state index contributed by atoms with van der Waals surface area (Å²) in [4.78, 5) is 2.58. The first kappa shape index (κ1) is 17.1. The molecule has 2 aliphatic heterocycles. The van der Waals surface area contributed by atoms with E-state index in [9.17, 15) is 4.21 Å². The van der Waals surface area contributed by atoms with E-state index in [1.54, 1.807) is 0 Å². The van der Waals surface area contributed by atoms with Crippen LogP contribution < -0.4 is 0 Å². The average molecular weight is 335 g/mol. The Balaban J connectivity index is 1.65. The summed E-state index contributed by atoms with van der Waals surface area (Å²) in [5.41, 5.74) is 1.76. The zero-order valence-corrected chi connectivity index (χ0v) is 15.7. The van der Waals surface area contributed by atoms with Gasteiger partial charge in [-0.2, -0.15) is 0 Å². The van der Waals surface area contributed by atoms with Crippen LogP contribution in [0.5, 0.6) is 0 Å². The molecule has 3 atom stereocenters. The van der Waals surface area contributed by atoms with Crippen molar-refractivity contribution in [2.75, 3.05) is 19.6 Å². The highest BCUT2D eigenvalue weighted by Crippen LogP contribution is 2.48. The Morgan fingerprint density at radius 1 is 1.22 bits per heavy atom. The predicted octanol–water partition coefficient (Wildman–Crippen LogP) is 3.44. The Kier molecular flexibility index (Phi) is 4.69. The van der Waals surface area contributed by atoms with E-state index >= 15 is 0 Å². The van der Waals surface area contributed by atoms with Gasteiger partial charge in [0.05, 0.1) is 15.7 Å². The van der Waals surface area contributed by atoms with Crippen molar-refractivity contribution in [1.82, 2.24) is 9.21 Å². The largest absolute Gasteiger partial charge is 0.298 e. The molecular weight excluding hydrogens is 304 g/mol. The third kappa shape index (κ3) is 3.26. The molecule has 0 aromatic heterocycles. The molecule has 0 aliphatic carbocycles. The fourth-order valence-corrected chi connectivity index (χ4v) is 5.93. The standard InChI is InChI=1S/C19H30N2OS/c1-5-17-19(15-21(17)23(22)18(2,3)4)11-12-20(14-19)13-16-9-7-6-8-10-16/h6-10,17H,5,11-15H2,1-4H3. The van der Waals surface area contributed by atoms with E-state index in [4.69, 9.17) is 0 Å². The molecule has 2 heterocycles. The van der Waals surface area contributed by atoms with Crippen molar-refractivity contribution in [1.29, 1.82) is 0 Å². The van der Waals surface area contributed by atoms with Crippen LogP contribution in [0.3, 0.4) is 0 Å². The topological polar surface area (TPSA) is 23.6 Å².